The summed E-state index contributed by atoms with van der Waals surface area (Å²) in [4.78, 5) is 4.48. The molecule has 1 N–H and O–H groups in total. The number of nitrogens with one attached hydrogen (secondary N) is 1. The van der Waals surface area contributed by atoms with Crippen LogP contribution >= 0.6 is 0 Å². The van der Waals surface area contributed by atoms with E-state index in [1.165, 1.54) is 37.9 Å². The van der Waals surface area contributed by atoms with E-state index in [2.05, 4.69) is 41.8 Å². The molecule has 1 atom stereocenters. The van der Waals surface area contributed by atoms with Gasteiger partial charge in [-0.25, -0.2) is 4.98 Å². The van der Waals surface area contributed by atoms with E-state index < -0.39 is 0 Å². The SMILES string of the molecule is CCCNC(CCC)CCc1nccn1CCC. The molecule has 1 aromatic rings. The number of imidazole rings is 1. The summed E-state index contributed by atoms with van der Waals surface area (Å²) in [7, 11) is 0. The van der Waals surface area contributed by atoms with Gasteiger partial charge >= 0.3 is 0 Å². The summed E-state index contributed by atoms with van der Waals surface area (Å²) in [6.07, 6.45) is 11.2. The lowest BCUT2D eigenvalue weighted by atomic mass is 10.1. The van der Waals surface area contributed by atoms with Crippen molar-refractivity contribution in [3.05, 3.63) is 18.2 Å². The van der Waals surface area contributed by atoms with Gasteiger partial charge in [-0.2, -0.15) is 0 Å². The molecule has 0 aliphatic heterocycles. The average molecular weight is 251 g/mol. The molecule has 0 saturated heterocycles. The fourth-order valence-electron chi connectivity index (χ4n) is 2.36. The fraction of sp³-hybridized carbons (Fsp3) is 0.800. The number of rotatable bonds is 10. The first-order chi connectivity index (χ1) is 8.81. The Hall–Kier alpha value is -0.830. The topological polar surface area (TPSA) is 29.9 Å². The fourth-order valence-corrected chi connectivity index (χ4v) is 2.36. The Morgan fingerprint density at radius 3 is 2.67 bits per heavy atom. The second-order valence-electron chi connectivity index (χ2n) is 5.02. The van der Waals surface area contributed by atoms with Crippen molar-refractivity contribution in [1.29, 1.82) is 0 Å². The number of hydrogen-bond acceptors (Lipinski definition) is 2. The highest BCUT2D eigenvalue weighted by molar-refractivity contribution is 4.93. The maximum absolute atomic E-state index is 4.48. The standard InChI is InChI=1S/C15H29N3/c1-4-7-14(16-10-5-2)8-9-15-17-11-13-18(15)12-6-3/h11,13-14,16H,4-10,12H2,1-3H3. The maximum Gasteiger partial charge on any atom is 0.108 e. The zero-order valence-corrected chi connectivity index (χ0v) is 12.3. The molecular weight excluding hydrogens is 222 g/mol. The number of aromatic nitrogens is 2. The summed E-state index contributed by atoms with van der Waals surface area (Å²) in [6, 6.07) is 0.654. The zero-order valence-electron chi connectivity index (χ0n) is 12.3. The normalized spacial score (nSPS) is 12.8. The largest absolute Gasteiger partial charge is 0.335 e. The smallest absolute Gasteiger partial charge is 0.108 e. The Balaban J connectivity index is 2.42. The van der Waals surface area contributed by atoms with Crippen LogP contribution in [0.15, 0.2) is 12.4 Å². The molecule has 0 aliphatic carbocycles. The van der Waals surface area contributed by atoms with Crippen LogP contribution in [0.25, 0.3) is 0 Å². The monoisotopic (exact) mass is 251 g/mol. The minimum atomic E-state index is 0.654. The summed E-state index contributed by atoms with van der Waals surface area (Å²) in [5.41, 5.74) is 0. The lowest BCUT2D eigenvalue weighted by Crippen LogP contribution is -2.30. The van der Waals surface area contributed by atoms with E-state index in [-0.39, 0.29) is 0 Å². The number of hydrogen-bond donors (Lipinski definition) is 1. The molecule has 1 aromatic heterocycles. The average Bonchev–Trinajstić information content (AvgIpc) is 2.81. The van der Waals surface area contributed by atoms with Crippen LogP contribution < -0.4 is 5.32 Å². The van der Waals surface area contributed by atoms with Crippen LogP contribution in [0.1, 0.15) is 58.7 Å². The molecule has 0 aliphatic rings. The van der Waals surface area contributed by atoms with Gasteiger partial charge in [0.2, 0.25) is 0 Å². The van der Waals surface area contributed by atoms with Crippen LogP contribution in [0, 0.1) is 0 Å². The van der Waals surface area contributed by atoms with Crippen molar-refractivity contribution in [1.82, 2.24) is 14.9 Å². The molecule has 0 saturated carbocycles. The molecule has 1 heterocycles. The maximum atomic E-state index is 4.48. The summed E-state index contributed by atoms with van der Waals surface area (Å²) in [5.74, 6) is 1.25. The zero-order chi connectivity index (χ0) is 13.2. The van der Waals surface area contributed by atoms with Crippen molar-refractivity contribution < 1.29 is 0 Å². The van der Waals surface area contributed by atoms with Crippen LogP contribution in [0.3, 0.4) is 0 Å². The lowest BCUT2D eigenvalue weighted by Gasteiger charge is -2.17. The van der Waals surface area contributed by atoms with E-state index in [0.717, 1.165) is 19.5 Å². The summed E-state index contributed by atoms with van der Waals surface area (Å²) in [6.45, 7) is 8.93. The van der Waals surface area contributed by atoms with Crippen molar-refractivity contribution >= 4 is 0 Å². The van der Waals surface area contributed by atoms with Gasteiger partial charge in [-0.15, -0.1) is 0 Å². The van der Waals surface area contributed by atoms with Gasteiger partial charge in [-0.1, -0.05) is 27.2 Å². The van der Waals surface area contributed by atoms with Gasteiger partial charge in [0.15, 0.2) is 0 Å². The van der Waals surface area contributed by atoms with Gasteiger partial charge in [-0.3, -0.25) is 0 Å². The minimum Gasteiger partial charge on any atom is -0.335 e. The van der Waals surface area contributed by atoms with Crippen LogP contribution in [0.5, 0.6) is 0 Å². The molecular formula is C15H29N3. The molecule has 3 heteroatoms. The first-order valence-corrected chi connectivity index (χ1v) is 7.55. The van der Waals surface area contributed by atoms with E-state index in [1.807, 2.05) is 6.20 Å². The van der Waals surface area contributed by atoms with Gasteiger partial charge in [0.05, 0.1) is 0 Å². The van der Waals surface area contributed by atoms with Crippen LogP contribution in [0.4, 0.5) is 0 Å². The molecule has 0 amide bonds. The number of aryl methyl sites for hydroxylation is 2. The molecule has 1 rings (SSSR count). The van der Waals surface area contributed by atoms with Crippen molar-refractivity contribution in [3.63, 3.8) is 0 Å². The van der Waals surface area contributed by atoms with E-state index >= 15 is 0 Å². The molecule has 0 fully saturated rings. The van der Waals surface area contributed by atoms with E-state index in [4.69, 9.17) is 0 Å². The minimum absolute atomic E-state index is 0.654. The van der Waals surface area contributed by atoms with Crippen molar-refractivity contribution in [2.75, 3.05) is 6.54 Å². The second-order valence-corrected chi connectivity index (χ2v) is 5.02. The molecule has 0 bridgehead atoms. The van der Waals surface area contributed by atoms with E-state index in [0.29, 0.717) is 6.04 Å². The van der Waals surface area contributed by atoms with Gasteiger partial charge < -0.3 is 9.88 Å². The molecule has 3 nitrogen and oxygen atoms in total. The Labute approximate surface area is 112 Å². The molecule has 18 heavy (non-hydrogen) atoms. The highest BCUT2D eigenvalue weighted by Crippen LogP contribution is 2.08. The van der Waals surface area contributed by atoms with Gasteiger partial charge in [0.1, 0.15) is 5.82 Å². The van der Waals surface area contributed by atoms with E-state index in [9.17, 15) is 0 Å². The molecule has 0 radical (unpaired) electrons. The first-order valence-electron chi connectivity index (χ1n) is 7.55. The van der Waals surface area contributed by atoms with Crippen LogP contribution in [0.2, 0.25) is 0 Å². The van der Waals surface area contributed by atoms with Crippen molar-refractivity contribution in [2.45, 2.75) is 71.9 Å². The Kier molecular flexibility index (Phi) is 7.74. The third kappa shape index (κ3) is 5.21. The van der Waals surface area contributed by atoms with E-state index in [1.54, 1.807) is 0 Å². The molecule has 0 aromatic carbocycles. The highest BCUT2D eigenvalue weighted by atomic mass is 15.1. The predicted octanol–water partition coefficient (Wildman–Crippen LogP) is 3.39. The quantitative estimate of drug-likeness (QED) is 0.691. The second kappa shape index (κ2) is 9.15. The Bertz CT molecular complexity index is 306. The summed E-state index contributed by atoms with van der Waals surface area (Å²) in [5, 5.41) is 3.65. The van der Waals surface area contributed by atoms with Gasteiger partial charge in [0.25, 0.3) is 0 Å². The first kappa shape index (κ1) is 15.2. The molecule has 104 valence electrons. The molecule has 1 unspecified atom stereocenters. The third-order valence-electron chi connectivity index (χ3n) is 3.30. The summed E-state index contributed by atoms with van der Waals surface area (Å²) >= 11 is 0. The van der Waals surface area contributed by atoms with Crippen molar-refractivity contribution in [2.24, 2.45) is 0 Å². The van der Waals surface area contributed by atoms with Crippen molar-refractivity contribution in [3.8, 4) is 0 Å². The summed E-state index contributed by atoms with van der Waals surface area (Å²) < 4.78 is 2.29. The number of nitrogens with zero attached hydrogens (tertiary/aromatic N) is 2. The van der Waals surface area contributed by atoms with Crippen LogP contribution in [-0.4, -0.2) is 22.1 Å². The lowest BCUT2D eigenvalue weighted by molar-refractivity contribution is 0.441. The highest BCUT2D eigenvalue weighted by Gasteiger charge is 2.09. The Morgan fingerprint density at radius 2 is 2.00 bits per heavy atom. The van der Waals surface area contributed by atoms with Crippen LogP contribution in [-0.2, 0) is 13.0 Å². The molecule has 0 spiro atoms. The van der Waals surface area contributed by atoms with Gasteiger partial charge in [-0.05, 0) is 32.2 Å². The predicted molar refractivity (Wildman–Crippen MR) is 77.8 cm³/mol. The van der Waals surface area contributed by atoms with Gasteiger partial charge in [0, 0.05) is 31.4 Å². The Morgan fingerprint density at radius 1 is 1.17 bits per heavy atom. The third-order valence-corrected chi connectivity index (χ3v) is 3.30.